The quantitative estimate of drug-likeness (QED) is 0.341. The first-order chi connectivity index (χ1) is 4.74. The first-order valence-corrected chi connectivity index (χ1v) is 3.18. The van der Waals surface area contributed by atoms with E-state index in [1.807, 2.05) is 0 Å². The van der Waals surface area contributed by atoms with E-state index >= 15 is 0 Å². The molecule has 1 aliphatic rings. The summed E-state index contributed by atoms with van der Waals surface area (Å²) in [4.78, 5) is 21.4. The summed E-state index contributed by atoms with van der Waals surface area (Å²) in [5.74, 6) is -0.494. The van der Waals surface area contributed by atoms with Crippen LogP contribution in [0.1, 0.15) is 12.8 Å². The molecule has 2 amide bonds. The number of hydrogen-bond acceptors (Lipinski definition) is 2. The molecule has 0 aromatic rings. The van der Waals surface area contributed by atoms with Gasteiger partial charge in [0.1, 0.15) is 0 Å². The Hall–Kier alpha value is -0.120. The molecule has 1 rings (SSSR count). The molecule has 0 bridgehead atoms. The molecule has 1 fully saturated rings. The Morgan fingerprint density at radius 2 is 2.27 bits per heavy atom. The van der Waals surface area contributed by atoms with Crippen molar-refractivity contribution in [2.24, 2.45) is 5.92 Å². The summed E-state index contributed by atoms with van der Waals surface area (Å²) in [5, 5.41) is 2.23. The average molecular weight is 163 g/mol. The maximum absolute atomic E-state index is 10.8. The molecular formula is C7H10NNaO2. The van der Waals surface area contributed by atoms with Crippen molar-refractivity contribution in [2.75, 3.05) is 0 Å². The zero-order valence-electron chi connectivity index (χ0n) is 5.59. The van der Waals surface area contributed by atoms with Gasteiger partial charge in [0, 0.05) is 6.42 Å². The third-order valence-electron chi connectivity index (χ3n) is 1.52. The summed E-state index contributed by atoms with van der Waals surface area (Å²) >= 11 is 0. The predicted molar refractivity (Wildman–Crippen MR) is 43.2 cm³/mol. The standard InChI is InChI=1S/C7H9NO2.Na.H/c1-2-3-5-4-6(9)8-7(5)10;;/h2,5H,1,3-4H2,(H,8,9,10);;. The van der Waals surface area contributed by atoms with Gasteiger partial charge in [-0.05, 0) is 6.42 Å². The number of amides is 2. The van der Waals surface area contributed by atoms with Gasteiger partial charge in [0.25, 0.3) is 0 Å². The Balaban J connectivity index is 0.000001000. The van der Waals surface area contributed by atoms with Gasteiger partial charge >= 0.3 is 29.6 Å². The average Bonchev–Trinajstić information content (AvgIpc) is 2.13. The van der Waals surface area contributed by atoms with Crippen LogP contribution in [-0.2, 0) is 9.59 Å². The number of nitrogens with one attached hydrogen (secondary N) is 1. The molecule has 0 aliphatic carbocycles. The van der Waals surface area contributed by atoms with Gasteiger partial charge in [0.15, 0.2) is 0 Å². The molecule has 4 heteroatoms. The van der Waals surface area contributed by atoms with Gasteiger partial charge in [-0.25, -0.2) is 0 Å². The van der Waals surface area contributed by atoms with Gasteiger partial charge in [0.2, 0.25) is 11.8 Å². The summed E-state index contributed by atoms with van der Waals surface area (Å²) in [6.07, 6.45) is 2.57. The molecule has 1 aliphatic heterocycles. The first-order valence-electron chi connectivity index (χ1n) is 3.18. The Labute approximate surface area is 87.5 Å². The van der Waals surface area contributed by atoms with Gasteiger partial charge < -0.3 is 0 Å². The normalized spacial score (nSPS) is 22.4. The third-order valence-corrected chi connectivity index (χ3v) is 1.52. The SMILES string of the molecule is C=CCC1CC(=O)NC1=O.[NaH]. The maximum atomic E-state index is 10.8. The van der Waals surface area contributed by atoms with E-state index in [0.717, 1.165) is 0 Å². The molecule has 0 radical (unpaired) electrons. The van der Waals surface area contributed by atoms with Crippen molar-refractivity contribution < 1.29 is 9.59 Å². The topological polar surface area (TPSA) is 46.2 Å². The zero-order chi connectivity index (χ0) is 7.56. The molecule has 0 aromatic carbocycles. The Kier molecular flexibility index (Phi) is 4.65. The monoisotopic (exact) mass is 163 g/mol. The molecule has 56 valence electrons. The molecular weight excluding hydrogens is 153 g/mol. The van der Waals surface area contributed by atoms with Crippen molar-refractivity contribution in [3.05, 3.63) is 12.7 Å². The molecule has 0 aromatic heterocycles. The third kappa shape index (κ3) is 2.77. The van der Waals surface area contributed by atoms with Crippen molar-refractivity contribution in [3.8, 4) is 0 Å². The molecule has 1 heterocycles. The van der Waals surface area contributed by atoms with Gasteiger partial charge in [-0.1, -0.05) is 6.08 Å². The number of rotatable bonds is 2. The van der Waals surface area contributed by atoms with E-state index in [0.29, 0.717) is 12.8 Å². The predicted octanol–water partition coefficient (Wildman–Crippen LogP) is -0.423. The zero-order valence-corrected chi connectivity index (χ0v) is 5.59. The van der Waals surface area contributed by atoms with Gasteiger partial charge in [-0.15, -0.1) is 6.58 Å². The van der Waals surface area contributed by atoms with Crippen LogP contribution in [0.4, 0.5) is 0 Å². The summed E-state index contributed by atoms with van der Waals surface area (Å²) in [7, 11) is 0. The van der Waals surface area contributed by atoms with Crippen molar-refractivity contribution in [3.63, 3.8) is 0 Å². The number of hydrogen-bond donors (Lipinski definition) is 1. The van der Waals surface area contributed by atoms with Gasteiger partial charge in [0.05, 0.1) is 5.92 Å². The summed E-state index contributed by atoms with van der Waals surface area (Å²) < 4.78 is 0. The van der Waals surface area contributed by atoms with Crippen LogP contribution >= 0.6 is 0 Å². The molecule has 1 saturated heterocycles. The Bertz CT molecular complexity index is 191. The second-order valence-electron chi connectivity index (χ2n) is 2.34. The minimum absolute atomic E-state index is 0. The Morgan fingerprint density at radius 3 is 2.64 bits per heavy atom. The van der Waals surface area contributed by atoms with E-state index in [4.69, 9.17) is 0 Å². The van der Waals surface area contributed by atoms with E-state index in [-0.39, 0.29) is 47.3 Å². The van der Waals surface area contributed by atoms with Gasteiger partial charge in [-0.3, -0.25) is 14.9 Å². The molecule has 0 saturated carbocycles. The van der Waals surface area contributed by atoms with Crippen molar-refractivity contribution in [2.45, 2.75) is 12.8 Å². The van der Waals surface area contributed by atoms with E-state index in [1.165, 1.54) is 0 Å². The minimum atomic E-state index is -0.170. The molecule has 1 atom stereocenters. The van der Waals surface area contributed by atoms with Crippen molar-refractivity contribution in [1.82, 2.24) is 5.32 Å². The van der Waals surface area contributed by atoms with E-state index in [9.17, 15) is 9.59 Å². The number of carbonyl (C=O) groups is 2. The van der Waals surface area contributed by atoms with Crippen molar-refractivity contribution >= 4 is 41.4 Å². The molecule has 0 spiro atoms. The molecule has 1 N–H and O–H groups in total. The van der Waals surface area contributed by atoms with Crippen LogP contribution < -0.4 is 5.32 Å². The summed E-state index contributed by atoms with van der Waals surface area (Å²) in [5.41, 5.74) is 0. The van der Waals surface area contributed by atoms with Crippen molar-refractivity contribution in [1.29, 1.82) is 0 Å². The number of allylic oxidation sites excluding steroid dienone is 1. The second kappa shape index (κ2) is 4.70. The van der Waals surface area contributed by atoms with E-state index < -0.39 is 0 Å². The first kappa shape index (κ1) is 10.9. The van der Waals surface area contributed by atoms with Crippen LogP contribution in [0.15, 0.2) is 12.7 Å². The molecule has 11 heavy (non-hydrogen) atoms. The van der Waals surface area contributed by atoms with Gasteiger partial charge in [-0.2, -0.15) is 0 Å². The van der Waals surface area contributed by atoms with Crippen LogP contribution in [0.5, 0.6) is 0 Å². The fourth-order valence-electron chi connectivity index (χ4n) is 0.999. The number of carbonyl (C=O) groups excluding carboxylic acids is 2. The van der Waals surface area contributed by atoms with Crippen LogP contribution in [-0.4, -0.2) is 41.4 Å². The fourth-order valence-corrected chi connectivity index (χ4v) is 0.999. The molecule has 3 nitrogen and oxygen atoms in total. The second-order valence-corrected chi connectivity index (χ2v) is 2.34. The van der Waals surface area contributed by atoms with Crippen LogP contribution in [0.3, 0.4) is 0 Å². The summed E-state index contributed by atoms with van der Waals surface area (Å²) in [6, 6.07) is 0. The summed E-state index contributed by atoms with van der Waals surface area (Å²) in [6.45, 7) is 3.49. The van der Waals surface area contributed by atoms with Crippen LogP contribution in [0.2, 0.25) is 0 Å². The molecule has 1 unspecified atom stereocenters. The van der Waals surface area contributed by atoms with Crippen LogP contribution in [0, 0.1) is 5.92 Å². The van der Waals surface area contributed by atoms with Crippen LogP contribution in [0.25, 0.3) is 0 Å². The Morgan fingerprint density at radius 1 is 1.64 bits per heavy atom. The van der Waals surface area contributed by atoms with E-state index in [2.05, 4.69) is 11.9 Å². The number of imide groups is 1. The fraction of sp³-hybridized carbons (Fsp3) is 0.429. The van der Waals surface area contributed by atoms with E-state index in [1.54, 1.807) is 6.08 Å².